The summed E-state index contributed by atoms with van der Waals surface area (Å²) in [7, 11) is 0. The van der Waals surface area contributed by atoms with Crippen molar-refractivity contribution < 1.29 is 13.9 Å². The number of nitrogens with zero attached hydrogens (tertiary/aromatic N) is 3. The average Bonchev–Trinajstić information content (AvgIpc) is 2.62. The zero-order chi connectivity index (χ0) is 17.8. The highest BCUT2D eigenvalue weighted by Gasteiger charge is 2.20. The third kappa shape index (κ3) is 4.24. The van der Waals surface area contributed by atoms with Gasteiger partial charge in [-0.1, -0.05) is 23.7 Å². The summed E-state index contributed by atoms with van der Waals surface area (Å²) in [4.78, 5) is 23.0. The number of morpholine rings is 1. The maximum absolute atomic E-state index is 13.3. The van der Waals surface area contributed by atoms with E-state index < -0.39 is 5.91 Å². The normalized spacial score (nSPS) is 15.7. The van der Waals surface area contributed by atoms with Gasteiger partial charge < -0.3 is 15.0 Å². The van der Waals surface area contributed by atoms with Crippen molar-refractivity contribution >= 4 is 23.5 Å². The molecule has 1 saturated heterocycles. The second-order valence-corrected chi connectivity index (χ2v) is 6.12. The number of aromatic nitrogens is 2. The molecule has 25 heavy (non-hydrogen) atoms. The van der Waals surface area contributed by atoms with Gasteiger partial charge in [0.2, 0.25) is 5.95 Å². The Labute approximate surface area is 150 Å². The Balaban J connectivity index is 1.76. The Bertz CT molecular complexity index is 768. The Morgan fingerprint density at radius 2 is 2.16 bits per heavy atom. The molecule has 0 saturated carbocycles. The molecule has 0 spiro atoms. The Hall–Kier alpha value is -2.25. The number of hydrogen-bond donors (Lipinski definition) is 1. The Kier molecular flexibility index (Phi) is 5.45. The van der Waals surface area contributed by atoms with E-state index in [9.17, 15) is 9.18 Å². The number of hydrogen-bond acceptors (Lipinski definition) is 5. The summed E-state index contributed by atoms with van der Waals surface area (Å²) in [6.45, 7) is 4.25. The van der Waals surface area contributed by atoms with Crippen LogP contribution in [0.15, 0.2) is 30.5 Å². The summed E-state index contributed by atoms with van der Waals surface area (Å²) in [5, 5.41) is 2.95. The topological polar surface area (TPSA) is 67.4 Å². The maximum Gasteiger partial charge on any atom is 0.272 e. The average molecular weight is 365 g/mol. The van der Waals surface area contributed by atoms with E-state index in [4.69, 9.17) is 16.3 Å². The molecule has 0 aliphatic carbocycles. The maximum atomic E-state index is 13.3. The molecule has 1 unspecified atom stereocenters. The van der Waals surface area contributed by atoms with Crippen molar-refractivity contribution in [2.24, 2.45) is 0 Å². The first-order chi connectivity index (χ1) is 12.0. The number of carbonyl (C=O) groups excluding carboxylic acids is 1. The first-order valence-corrected chi connectivity index (χ1v) is 8.34. The summed E-state index contributed by atoms with van der Waals surface area (Å²) in [5.74, 6) is -0.344. The molecular weight excluding hydrogens is 347 g/mol. The summed E-state index contributed by atoms with van der Waals surface area (Å²) in [5.41, 5.74) is 0.758. The van der Waals surface area contributed by atoms with Crippen molar-refractivity contribution in [2.45, 2.75) is 13.0 Å². The lowest BCUT2D eigenvalue weighted by molar-refractivity contribution is 0.0934. The van der Waals surface area contributed by atoms with Gasteiger partial charge in [0.25, 0.3) is 5.91 Å². The van der Waals surface area contributed by atoms with Crippen molar-refractivity contribution in [1.82, 2.24) is 15.3 Å². The van der Waals surface area contributed by atoms with Crippen LogP contribution in [0, 0.1) is 5.82 Å². The van der Waals surface area contributed by atoms with Gasteiger partial charge in [-0.3, -0.25) is 4.79 Å². The minimum Gasteiger partial charge on any atom is -0.378 e. The second-order valence-electron chi connectivity index (χ2n) is 5.72. The summed E-state index contributed by atoms with van der Waals surface area (Å²) in [6.07, 6.45) is 1.42. The molecule has 1 aliphatic heterocycles. The number of rotatable bonds is 4. The van der Waals surface area contributed by atoms with E-state index in [1.807, 2.05) is 4.90 Å². The third-order valence-corrected chi connectivity index (χ3v) is 4.21. The molecule has 0 radical (unpaired) electrons. The van der Waals surface area contributed by atoms with E-state index in [-0.39, 0.29) is 22.6 Å². The van der Waals surface area contributed by atoms with E-state index in [1.54, 1.807) is 19.1 Å². The highest BCUT2D eigenvalue weighted by atomic mass is 35.5. The smallest absolute Gasteiger partial charge is 0.272 e. The molecule has 132 valence electrons. The molecule has 1 N–H and O–H groups in total. The van der Waals surface area contributed by atoms with Crippen LogP contribution in [-0.4, -0.2) is 42.2 Å². The number of ether oxygens (including phenoxy) is 1. The van der Waals surface area contributed by atoms with Gasteiger partial charge >= 0.3 is 0 Å². The van der Waals surface area contributed by atoms with E-state index >= 15 is 0 Å². The van der Waals surface area contributed by atoms with Gasteiger partial charge in [0, 0.05) is 13.1 Å². The SMILES string of the molecule is CC(NC(=O)c1nc(N2CCOCC2)ncc1Cl)c1cccc(F)c1. The molecule has 1 aromatic carbocycles. The number of nitrogens with one attached hydrogen (secondary N) is 1. The van der Waals surface area contributed by atoms with Gasteiger partial charge in [-0.15, -0.1) is 0 Å². The van der Waals surface area contributed by atoms with Crippen LogP contribution in [0.5, 0.6) is 0 Å². The van der Waals surface area contributed by atoms with Crippen molar-refractivity contribution in [3.8, 4) is 0 Å². The Morgan fingerprint density at radius 3 is 2.88 bits per heavy atom. The lowest BCUT2D eigenvalue weighted by atomic mass is 10.1. The predicted octanol–water partition coefficient (Wildman–Crippen LogP) is 2.60. The minimum atomic E-state index is -0.432. The van der Waals surface area contributed by atoms with Crippen molar-refractivity contribution in [2.75, 3.05) is 31.2 Å². The lowest BCUT2D eigenvalue weighted by Crippen LogP contribution is -2.38. The molecule has 1 aliphatic rings. The largest absolute Gasteiger partial charge is 0.378 e. The van der Waals surface area contributed by atoms with Crippen LogP contribution in [-0.2, 0) is 4.74 Å². The molecule has 1 fully saturated rings. The van der Waals surface area contributed by atoms with Gasteiger partial charge in [-0.05, 0) is 24.6 Å². The molecule has 3 rings (SSSR count). The molecular formula is C17H18ClFN4O2. The van der Waals surface area contributed by atoms with Crippen LogP contribution in [0.2, 0.25) is 5.02 Å². The number of amides is 1. The zero-order valence-electron chi connectivity index (χ0n) is 13.7. The number of carbonyl (C=O) groups is 1. The molecule has 1 atom stereocenters. The molecule has 2 heterocycles. The summed E-state index contributed by atoms with van der Waals surface area (Å²) in [6, 6.07) is 5.69. The zero-order valence-corrected chi connectivity index (χ0v) is 14.5. The van der Waals surface area contributed by atoms with Gasteiger partial charge in [0.05, 0.1) is 30.5 Å². The fraction of sp³-hybridized carbons (Fsp3) is 0.353. The second kappa shape index (κ2) is 7.76. The van der Waals surface area contributed by atoms with Crippen LogP contribution >= 0.6 is 11.6 Å². The Morgan fingerprint density at radius 1 is 1.40 bits per heavy atom. The van der Waals surface area contributed by atoms with Crippen LogP contribution in [0.25, 0.3) is 0 Å². The van der Waals surface area contributed by atoms with Crippen LogP contribution < -0.4 is 10.2 Å². The van der Waals surface area contributed by atoms with Crippen molar-refractivity contribution in [3.63, 3.8) is 0 Å². The van der Waals surface area contributed by atoms with E-state index in [0.717, 1.165) is 0 Å². The molecule has 1 aromatic heterocycles. The van der Waals surface area contributed by atoms with Gasteiger partial charge in [0.1, 0.15) is 5.82 Å². The highest BCUT2D eigenvalue weighted by molar-refractivity contribution is 6.33. The third-order valence-electron chi connectivity index (χ3n) is 3.94. The van der Waals surface area contributed by atoms with Crippen molar-refractivity contribution in [3.05, 3.63) is 52.6 Å². The highest BCUT2D eigenvalue weighted by Crippen LogP contribution is 2.19. The number of benzene rings is 1. The first kappa shape index (κ1) is 17.6. The van der Waals surface area contributed by atoms with Gasteiger partial charge in [-0.25, -0.2) is 14.4 Å². The van der Waals surface area contributed by atoms with Crippen LogP contribution in [0.3, 0.4) is 0 Å². The van der Waals surface area contributed by atoms with E-state index in [2.05, 4.69) is 15.3 Å². The monoisotopic (exact) mass is 364 g/mol. The number of anilines is 1. The molecule has 6 nitrogen and oxygen atoms in total. The molecule has 8 heteroatoms. The first-order valence-electron chi connectivity index (χ1n) is 7.96. The number of halogens is 2. The van der Waals surface area contributed by atoms with Gasteiger partial charge in [-0.2, -0.15) is 0 Å². The van der Waals surface area contributed by atoms with E-state index in [1.165, 1.54) is 18.3 Å². The summed E-state index contributed by atoms with van der Waals surface area (Å²) >= 11 is 6.10. The van der Waals surface area contributed by atoms with Gasteiger partial charge in [0.15, 0.2) is 5.69 Å². The van der Waals surface area contributed by atoms with Crippen LogP contribution in [0.1, 0.15) is 29.0 Å². The predicted molar refractivity (Wildman–Crippen MR) is 92.4 cm³/mol. The van der Waals surface area contributed by atoms with Crippen molar-refractivity contribution in [1.29, 1.82) is 0 Å². The molecule has 1 amide bonds. The van der Waals surface area contributed by atoms with Crippen LogP contribution in [0.4, 0.5) is 10.3 Å². The molecule has 2 aromatic rings. The molecule has 0 bridgehead atoms. The van der Waals surface area contributed by atoms with E-state index in [0.29, 0.717) is 37.8 Å². The minimum absolute atomic E-state index is 0.0985. The standard InChI is InChI=1S/C17H18ClFN4O2/c1-11(12-3-2-4-13(19)9-12)21-16(24)15-14(18)10-20-17(22-15)23-5-7-25-8-6-23/h2-4,9-11H,5-8H2,1H3,(H,21,24). The lowest BCUT2D eigenvalue weighted by Gasteiger charge is -2.27. The fourth-order valence-electron chi connectivity index (χ4n) is 2.56. The fourth-order valence-corrected chi connectivity index (χ4v) is 2.73. The summed E-state index contributed by atoms with van der Waals surface area (Å²) < 4.78 is 18.6. The quantitative estimate of drug-likeness (QED) is 0.903.